The van der Waals surface area contributed by atoms with Crippen LogP contribution in [0.4, 0.5) is 0 Å². The van der Waals surface area contributed by atoms with Gasteiger partial charge in [0.2, 0.25) is 0 Å². The topological polar surface area (TPSA) is 24.5 Å². The monoisotopic (exact) mass is 212 g/mol. The van der Waals surface area contributed by atoms with Gasteiger partial charge < -0.3 is 10.1 Å². The molecule has 0 spiro atoms. The van der Waals surface area contributed by atoms with E-state index in [0.717, 1.165) is 32.8 Å². The molecule has 1 fully saturated rings. The number of hydrogen-bond acceptors (Lipinski definition) is 3. The lowest BCUT2D eigenvalue weighted by molar-refractivity contribution is 0.136. The molecule has 1 unspecified atom stereocenters. The van der Waals surface area contributed by atoms with E-state index in [1.807, 2.05) is 6.08 Å². The lowest BCUT2D eigenvalue weighted by atomic mass is 9.99. The Morgan fingerprint density at radius 3 is 2.93 bits per heavy atom. The van der Waals surface area contributed by atoms with Crippen LogP contribution >= 0.6 is 0 Å². The molecule has 1 aliphatic heterocycles. The van der Waals surface area contributed by atoms with Crippen molar-refractivity contribution in [1.82, 2.24) is 10.2 Å². The van der Waals surface area contributed by atoms with Crippen LogP contribution in [0.3, 0.4) is 0 Å². The van der Waals surface area contributed by atoms with Crippen LogP contribution in [0, 0.1) is 0 Å². The molecule has 1 saturated heterocycles. The second kappa shape index (κ2) is 6.26. The van der Waals surface area contributed by atoms with E-state index >= 15 is 0 Å². The highest BCUT2D eigenvalue weighted by atomic mass is 16.5. The van der Waals surface area contributed by atoms with Crippen molar-refractivity contribution in [3.05, 3.63) is 12.7 Å². The van der Waals surface area contributed by atoms with E-state index in [9.17, 15) is 0 Å². The van der Waals surface area contributed by atoms with Gasteiger partial charge in [-0.3, -0.25) is 4.90 Å². The summed E-state index contributed by atoms with van der Waals surface area (Å²) in [5.74, 6) is 0. The smallest absolute Gasteiger partial charge is 0.0589 e. The van der Waals surface area contributed by atoms with Crippen molar-refractivity contribution in [1.29, 1.82) is 0 Å². The van der Waals surface area contributed by atoms with Crippen molar-refractivity contribution >= 4 is 0 Å². The minimum Gasteiger partial charge on any atom is -0.383 e. The quantitative estimate of drug-likeness (QED) is 0.643. The molecular weight excluding hydrogens is 188 g/mol. The van der Waals surface area contributed by atoms with Gasteiger partial charge in [0.25, 0.3) is 0 Å². The maximum Gasteiger partial charge on any atom is 0.0589 e. The summed E-state index contributed by atoms with van der Waals surface area (Å²) in [6, 6.07) is 0. The van der Waals surface area contributed by atoms with Gasteiger partial charge in [-0.15, -0.1) is 6.58 Å². The third-order valence-electron chi connectivity index (χ3n) is 3.03. The average Bonchev–Trinajstić information content (AvgIpc) is 2.62. The molecule has 0 radical (unpaired) electrons. The summed E-state index contributed by atoms with van der Waals surface area (Å²) in [5.41, 5.74) is 0.288. The largest absolute Gasteiger partial charge is 0.383 e. The molecule has 88 valence electrons. The maximum absolute atomic E-state index is 5.12. The Morgan fingerprint density at radius 2 is 2.40 bits per heavy atom. The molecule has 15 heavy (non-hydrogen) atoms. The number of rotatable bonds is 7. The summed E-state index contributed by atoms with van der Waals surface area (Å²) in [6.07, 6.45) is 4.53. The third kappa shape index (κ3) is 4.33. The molecule has 3 heteroatoms. The van der Waals surface area contributed by atoms with Crippen LogP contribution in [-0.2, 0) is 4.74 Å². The van der Waals surface area contributed by atoms with Crippen molar-refractivity contribution in [2.75, 3.05) is 39.9 Å². The molecule has 1 N–H and O–H groups in total. The van der Waals surface area contributed by atoms with Gasteiger partial charge in [0, 0.05) is 32.3 Å². The first-order valence-electron chi connectivity index (χ1n) is 5.77. The van der Waals surface area contributed by atoms with E-state index in [0.29, 0.717) is 0 Å². The van der Waals surface area contributed by atoms with Crippen molar-refractivity contribution in [2.45, 2.75) is 25.3 Å². The number of nitrogens with one attached hydrogen (secondary N) is 1. The van der Waals surface area contributed by atoms with Gasteiger partial charge in [0.15, 0.2) is 0 Å². The Kier molecular flexibility index (Phi) is 5.29. The van der Waals surface area contributed by atoms with E-state index in [2.05, 4.69) is 23.7 Å². The minimum absolute atomic E-state index is 0.288. The fourth-order valence-corrected chi connectivity index (χ4v) is 2.22. The summed E-state index contributed by atoms with van der Waals surface area (Å²) >= 11 is 0. The van der Waals surface area contributed by atoms with Gasteiger partial charge >= 0.3 is 0 Å². The van der Waals surface area contributed by atoms with Crippen molar-refractivity contribution in [2.24, 2.45) is 0 Å². The van der Waals surface area contributed by atoms with Gasteiger partial charge in [0.1, 0.15) is 0 Å². The molecule has 0 aromatic carbocycles. The fraction of sp³-hybridized carbons (Fsp3) is 0.833. The zero-order valence-electron chi connectivity index (χ0n) is 10.1. The number of hydrogen-bond donors (Lipinski definition) is 1. The van der Waals surface area contributed by atoms with Gasteiger partial charge in [0.05, 0.1) is 6.61 Å². The SMILES string of the molecule is C=CCN(CCOC)CC1(C)CCCN1. The Labute approximate surface area is 93.5 Å². The molecular formula is C12H24N2O. The average molecular weight is 212 g/mol. The second-order valence-electron chi connectivity index (χ2n) is 4.61. The van der Waals surface area contributed by atoms with Crippen molar-refractivity contribution < 1.29 is 4.74 Å². The summed E-state index contributed by atoms with van der Waals surface area (Å²) < 4.78 is 5.12. The predicted octanol–water partition coefficient (Wildman–Crippen LogP) is 1.26. The van der Waals surface area contributed by atoms with Crippen LogP contribution in [0.25, 0.3) is 0 Å². The highest BCUT2D eigenvalue weighted by Gasteiger charge is 2.29. The number of nitrogens with zero attached hydrogens (tertiary/aromatic N) is 1. The molecule has 3 nitrogen and oxygen atoms in total. The lowest BCUT2D eigenvalue weighted by Crippen LogP contribution is -2.48. The predicted molar refractivity (Wildman–Crippen MR) is 64.2 cm³/mol. The van der Waals surface area contributed by atoms with Gasteiger partial charge in [-0.1, -0.05) is 6.08 Å². The molecule has 1 rings (SSSR count). The van der Waals surface area contributed by atoms with E-state index < -0.39 is 0 Å². The van der Waals surface area contributed by atoms with E-state index in [1.165, 1.54) is 12.8 Å². The molecule has 1 heterocycles. The van der Waals surface area contributed by atoms with Crippen molar-refractivity contribution in [3.63, 3.8) is 0 Å². The summed E-state index contributed by atoms with van der Waals surface area (Å²) in [5, 5.41) is 3.58. The van der Waals surface area contributed by atoms with Crippen LogP contribution in [0.5, 0.6) is 0 Å². The summed E-state index contributed by atoms with van der Waals surface area (Å²) in [6.45, 7) is 11.1. The zero-order valence-corrected chi connectivity index (χ0v) is 10.1. The lowest BCUT2D eigenvalue weighted by Gasteiger charge is -2.32. The molecule has 0 amide bonds. The highest BCUT2D eigenvalue weighted by Crippen LogP contribution is 2.19. The van der Waals surface area contributed by atoms with Crippen molar-refractivity contribution in [3.8, 4) is 0 Å². The minimum atomic E-state index is 0.288. The third-order valence-corrected chi connectivity index (χ3v) is 3.03. The van der Waals surface area contributed by atoms with E-state index in [4.69, 9.17) is 4.74 Å². The zero-order chi connectivity index (χ0) is 11.1. The summed E-state index contributed by atoms with van der Waals surface area (Å²) in [7, 11) is 1.75. The molecule has 0 aromatic heterocycles. The van der Waals surface area contributed by atoms with Gasteiger partial charge in [-0.05, 0) is 26.3 Å². The number of methoxy groups -OCH3 is 1. The first kappa shape index (κ1) is 12.7. The molecule has 0 bridgehead atoms. The second-order valence-corrected chi connectivity index (χ2v) is 4.61. The Bertz CT molecular complexity index is 188. The first-order chi connectivity index (χ1) is 7.20. The van der Waals surface area contributed by atoms with Gasteiger partial charge in [-0.25, -0.2) is 0 Å². The normalized spacial score (nSPS) is 26.1. The molecule has 1 aliphatic rings. The molecule has 0 aromatic rings. The van der Waals surface area contributed by atoms with Crippen LogP contribution in [0.1, 0.15) is 19.8 Å². The van der Waals surface area contributed by atoms with Gasteiger partial charge in [-0.2, -0.15) is 0 Å². The van der Waals surface area contributed by atoms with Crippen LogP contribution in [-0.4, -0.2) is 50.3 Å². The number of ether oxygens (including phenoxy) is 1. The fourth-order valence-electron chi connectivity index (χ4n) is 2.22. The Hall–Kier alpha value is -0.380. The van der Waals surface area contributed by atoms with Crippen LogP contribution in [0.15, 0.2) is 12.7 Å². The highest BCUT2D eigenvalue weighted by molar-refractivity contribution is 4.92. The Morgan fingerprint density at radius 1 is 1.60 bits per heavy atom. The Balaban J connectivity index is 2.37. The standard InChI is InChI=1S/C12H24N2O/c1-4-8-14(9-10-15-3)11-12(2)6-5-7-13-12/h4,13H,1,5-11H2,2-3H3. The molecule has 0 saturated carbocycles. The summed E-state index contributed by atoms with van der Waals surface area (Å²) in [4.78, 5) is 2.40. The maximum atomic E-state index is 5.12. The van der Waals surface area contributed by atoms with E-state index in [1.54, 1.807) is 7.11 Å². The first-order valence-corrected chi connectivity index (χ1v) is 5.77. The van der Waals surface area contributed by atoms with Crippen LogP contribution < -0.4 is 5.32 Å². The molecule has 0 aliphatic carbocycles. The molecule has 1 atom stereocenters. The van der Waals surface area contributed by atoms with Crippen LogP contribution in [0.2, 0.25) is 0 Å². The van der Waals surface area contributed by atoms with E-state index in [-0.39, 0.29) is 5.54 Å².